The van der Waals surface area contributed by atoms with Gasteiger partial charge >= 0.3 is 0 Å². The van der Waals surface area contributed by atoms with Crippen LogP contribution in [0.3, 0.4) is 0 Å². The van der Waals surface area contributed by atoms with E-state index < -0.39 is 0 Å². The largest absolute Gasteiger partial charge is 0.341 e. The normalized spacial score (nSPS) is 21.3. The molecular formula is C16H21N3S2. The number of hydrogen-bond acceptors (Lipinski definition) is 5. The van der Waals surface area contributed by atoms with Crippen LogP contribution in [0.4, 0.5) is 5.13 Å². The maximum Gasteiger partial charge on any atom is 0.186 e. The maximum atomic E-state index is 5.00. The van der Waals surface area contributed by atoms with Crippen LogP contribution in [0.2, 0.25) is 0 Å². The van der Waals surface area contributed by atoms with Gasteiger partial charge in [0.05, 0.1) is 5.69 Å². The van der Waals surface area contributed by atoms with Gasteiger partial charge in [0, 0.05) is 23.5 Å². The molecular weight excluding hydrogens is 298 g/mol. The van der Waals surface area contributed by atoms with Gasteiger partial charge in [-0.3, -0.25) is 0 Å². The van der Waals surface area contributed by atoms with E-state index in [-0.39, 0.29) is 0 Å². The Balaban J connectivity index is 1.62. The van der Waals surface area contributed by atoms with E-state index >= 15 is 0 Å². The predicted molar refractivity (Wildman–Crippen MR) is 90.4 cm³/mol. The number of hydrogen-bond donors (Lipinski definition) is 1. The van der Waals surface area contributed by atoms with Crippen LogP contribution in [0.25, 0.3) is 0 Å². The number of anilines is 1. The molecule has 112 valence electrons. The van der Waals surface area contributed by atoms with Crippen molar-refractivity contribution in [1.82, 2.24) is 10.3 Å². The number of nitrogens with zero attached hydrogens (tertiary/aromatic N) is 2. The molecule has 3 nitrogen and oxygen atoms in total. The molecule has 0 saturated heterocycles. The predicted octanol–water partition coefficient (Wildman–Crippen LogP) is 3.97. The summed E-state index contributed by atoms with van der Waals surface area (Å²) in [6.45, 7) is 1.02. The minimum atomic E-state index is 0.516. The Bertz CT molecular complexity index is 601. The molecule has 1 fully saturated rings. The van der Waals surface area contributed by atoms with Crippen molar-refractivity contribution in [2.24, 2.45) is 0 Å². The second kappa shape index (κ2) is 5.71. The zero-order valence-electron chi connectivity index (χ0n) is 12.3. The smallest absolute Gasteiger partial charge is 0.186 e. The van der Waals surface area contributed by atoms with Crippen LogP contribution in [0.1, 0.15) is 47.9 Å². The zero-order valence-corrected chi connectivity index (χ0v) is 14.0. The molecule has 2 aromatic rings. The lowest BCUT2D eigenvalue weighted by Gasteiger charge is -2.21. The first-order chi connectivity index (χ1) is 10.3. The molecule has 2 aliphatic carbocycles. The van der Waals surface area contributed by atoms with Crippen LogP contribution in [0, 0.1) is 0 Å². The van der Waals surface area contributed by atoms with Crippen molar-refractivity contribution in [3.63, 3.8) is 0 Å². The number of aryl methyl sites for hydroxylation is 1. The summed E-state index contributed by atoms with van der Waals surface area (Å²) in [7, 11) is 2.07. The quantitative estimate of drug-likeness (QED) is 0.904. The van der Waals surface area contributed by atoms with Gasteiger partial charge in [-0.1, -0.05) is 11.3 Å². The summed E-state index contributed by atoms with van der Waals surface area (Å²) in [5.41, 5.74) is 2.77. The average molecular weight is 319 g/mol. The number of rotatable bonds is 5. The van der Waals surface area contributed by atoms with E-state index in [1.54, 1.807) is 11.3 Å². The highest BCUT2D eigenvalue weighted by molar-refractivity contribution is 7.15. The number of thiazole rings is 1. The first-order valence-electron chi connectivity index (χ1n) is 7.79. The zero-order chi connectivity index (χ0) is 14.2. The topological polar surface area (TPSA) is 28.2 Å². The lowest BCUT2D eigenvalue weighted by atomic mass is 9.98. The van der Waals surface area contributed by atoms with Crippen LogP contribution in [-0.4, -0.2) is 18.1 Å². The molecule has 0 radical (unpaired) electrons. The van der Waals surface area contributed by atoms with Crippen molar-refractivity contribution in [3.8, 4) is 0 Å². The minimum absolute atomic E-state index is 0.516. The highest BCUT2D eigenvalue weighted by Crippen LogP contribution is 2.41. The summed E-state index contributed by atoms with van der Waals surface area (Å²) in [5, 5.41) is 9.14. The molecule has 2 aliphatic rings. The molecule has 0 spiro atoms. The minimum Gasteiger partial charge on any atom is -0.341 e. The van der Waals surface area contributed by atoms with Crippen molar-refractivity contribution < 1.29 is 0 Å². The van der Waals surface area contributed by atoms with E-state index in [1.165, 1.54) is 46.9 Å². The summed E-state index contributed by atoms with van der Waals surface area (Å²) in [5.74, 6) is 0. The fraction of sp³-hybridized carbons (Fsp3) is 0.562. The number of aromatic nitrogens is 1. The number of fused-ring (bicyclic) bond motifs is 1. The Kier molecular flexibility index (Phi) is 3.73. The van der Waals surface area contributed by atoms with Crippen molar-refractivity contribution in [2.45, 2.75) is 50.7 Å². The lowest BCUT2D eigenvalue weighted by Crippen LogP contribution is -2.24. The number of thiophene rings is 1. The van der Waals surface area contributed by atoms with Gasteiger partial charge in [0.15, 0.2) is 5.13 Å². The van der Waals surface area contributed by atoms with Crippen LogP contribution in [0.5, 0.6) is 0 Å². The molecule has 1 unspecified atom stereocenters. The van der Waals surface area contributed by atoms with Crippen molar-refractivity contribution in [3.05, 3.63) is 33.0 Å². The van der Waals surface area contributed by atoms with Gasteiger partial charge in [-0.05, 0) is 61.5 Å². The molecule has 0 bridgehead atoms. The molecule has 1 saturated carbocycles. The van der Waals surface area contributed by atoms with E-state index in [2.05, 4.69) is 34.1 Å². The van der Waals surface area contributed by atoms with E-state index in [4.69, 9.17) is 4.98 Å². The maximum absolute atomic E-state index is 5.00. The van der Waals surface area contributed by atoms with Gasteiger partial charge < -0.3 is 10.2 Å². The van der Waals surface area contributed by atoms with Crippen molar-refractivity contribution >= 4 is 27.8 Å². The monoisotopic (exact) mass is 319 g/mol. The first kappa shape index (κ1) is 13.7. The highest BCUT2D eigenvalue weighted by Gasteiger charge is 2.33. The fourth-order valence-electron chi connectivity index (χ4n) is 3.12. The Hall–Kier alpha value is -0.910. The van der Waals surface area contributed by atoms with Crippen LogP contribution in [-0.2, 0) is 13.0 Å². The molecule has 0 aromatic carbocycles. The summed E-state index contributed by atoms with van der Waals surface area (Å²) in [6.07, 6.45) is 6.31. The van der Waals surface area contributed by atoms with Crippen molar-refractivity contribution in [2.75, 3.05) is 11.9 Å². The van der Waals surface area contributed by atoms with Crippen molar-refractivity contribution in [1.29, 1.82) is 0 Å². The average Bonchev–Trinajstić information content (AvgIpc) is 3.04. The Morgan fingerprint density at radius 1 is 1.38 bits per heavy atom. The molecule has 21 heavy (non-hydrogen) atoms. The Labute approximate surface area is 134 Å². The fourth-order valence-corrected chi connectivity index (χ4v) is 5.11. The standard InChI is InChI=1S/C16H21N3S2/c1-17-13-3-2-4-14-15(13)21-16(18-14)19(12-5-6-12)9-11-7-8-20-10-11/h7-8,10,12-13,17H,2-6,9H2,1H3. The van der Waals surface area contributed by atoms with Gasteiger partial charge in [-0.15, -0.1) is 0 Å². The molecule has 1 atom stereocenters. The lowest BCUT2D eigenvalue weighted by molar-refractivity contribution is 0.501. The third-order valence-corrected chi connectivity index (χ3v) is 6.43. The van der Waals surface area contributed by atoms with E-state index in [0.717, 1.165) is 13.0 Å². The van der Waals surface area contributed by atoms with E-state index in [9.17, 15) is 0 Å². The molecule has 1 N–H and O–H groups in total. The summed E-state index contributed by atoms with van der Waals surface area (Å²) >= 11 is 3.71. The van der Waals surface area contributed by atoms with Gasteiger partial charge in [-0.2, -0.15) is 11.3 Å². The van der Waals surface area contributed by atoms with E-state index in [0.29, 0.717) is 12.1 Å². The highest BCUT2D eigenvalue weighted by atomic mass is 32.1. The number of nitrogens with one attached hydrogen (secondary N) is 1. The van der Waals surface area contributed by atoms with E-state index in [1.807, 2.05) is 11.3 Å². The van der Waals surface area contributed by atoms with Gasteiger partial charge in [0.2, 0.25) is 0 Å². The molecule has 4 rings (SSSR count). The van der Waals surface area contributed by atoms with Gasteiger partial charge in [-0.25, -0.2) is 4.98 Å². The summed E-state index contributed by atoms with van der Waals surface area (Å²) < 4.78 is 0. The third kappa shape index (κ3) is 2.74. The second-order valence-corrected chi connectivity index (χ2v) is 7.82. The molecule has 2 aromatic heterocycles. The van der Waals surface area contributed by atoms with Crippen LogP contribution < -0.4 is 10.2 Å². The SMILES string of the molecule is CNC1CCCc2nc(N(Cc3ccsc3)C3CC3)sc21. The molecule has 5 heteroatoms. The van der Waals surface area contributed by atoms with Gasteiger partial charge in [0.1, 0.15) is 0 Å². The van der Waals surface area contributed by atoms with Crippen LogP contribution >= 0.6 is 22.7 Å². The Morgan fingerprint density at radius 3 is 3.00 bits per heavy atom. The molecule has 0 aliphatic heterocycles. The third-order valence-electron chi connectivity index (χ3n) is 4.45. The van der Waals surface area contributed by atoms with Gasteiger partial charge in [0.25, 0.3) is 0 Å². The first-order valence-corrected chi connectivity index (χ1v) is 9.55. The molecule has 0 amide bonds. The summed E-state index contributed by atoms with van der Waals surface area (Å²) in [6, 6.07) is 3.47. The molecule has 2 heterocycles. The summed E-state index contributed by atoms with van der Waals surface area (Å²) in [4.78, 5) is 9.02. The van der Waals surface area contributed by atoms with Crippen LogP contribution in [0.15, 0.2) is 16.8 Å². The second-order valence-electron chi connectivity index (χ2n) is 6.03. The Morgan fingerprint density at radius 2 is 2.29 bits per heavy atom.